The van der Waals surface area contributed by atoms with Crippen molar-refractivity contribution in [3.63, 3.8) is 0 Å². The van der Waals surface area contributed by atoms with Gasteiger partial charge in [-0.3, -0.25) is 4.79 Å². The average molecular weight is 566 g/mol. The number of nitrogens with one attached hydrogen (secondary N) is 1. The number of piperidine rings is 2. The number of carbonyl (C=O) groups excluding carboxylic acids is 1. The van der Waals surface area contributed by atoms with Gasteiger partial charge < -0.3 is 19.5 Å². The van der Waals surface area contributed by atoms with Crippen LogP contribution in [0.4, 0.5) is 17.3 Å². The second-order valence-corrected chi connectivity index (χ2v) is 13.5. The Hall–Kier alpha value is -3.40. The molecule has 2 aromatic heterocycles. The first-order valence-electron chi connectivity index (χ1n) is 14.1. The third-order valence-electron chi connectivity index (χ3n) is 8.00. The van der Waals surface area contributed by atoms with Gasteiger partial charge in [0.05, 0.1) is 29.2 Å². The van der Waals surface area contributed by atoms with E-state index in [0.29, 0.717) is 37.6 Å². The van der Waals surface area contributed by atoms with Crippen LogP contribution in [0.2, 0.25) is 0 Å². The minimum Gasteiger partial charge on any atom is -0.466 e. The van der Waals surface area contributed by atoms with Gasteiger partial charge in [0.1, 0.15) is 21.4 Å². The van der Waals surface area contributed by atoms with E-state index in [4.69, 9.17) is 4.42 Å². The molecule has 2 aliphatic heterocycles. The molecule has 2 aliphatic rings. The zero-order valence-corrected chi connectivity index (χ0v) is 24.4. The summed E-state index contributed by atoms with van der Waals surface area (Å²) in [5.74, 6) is 1.76. The quantitative estimate of drug-likeness (QED) is 0.413. The number of sulfone groups is 1. The highest BCUT2D eigenvalue weighted by molar-refractivity contribution is 7.91. The lowest BCUT2D eigenvalue weighted by Gasteiger charge is -2.32. The van der Waals surface area contributed by atoms with Crippen LogP contribution in [0.25, 0.3) is 0 Å². The molecule has 4 heterocycles. The Kier molecular flexibility index (Phi) is 8.44. The van der Waals surface area contributed by atoms with Gasteiger partial charge >= 0.3 is 0 Å². The van der Waals surface area contributed by atoms with Crippen LogP contribution in [0, 0.1) is 13.8 Å². The van der Waals surface area contributed by atoms with Crippen molar-refractivity contribution in [3.8, 4) is 0 Å². The highest BCUT2D eigenvalue weighted by Gasteiger charge is 2.29. The van der Waals surface area contributed by atoms with Crippen LogP contribution in [0.3, 0.4) is 0 Å². The molecule has 1 amide bonds. The Balaban J connectivity index is 1.30. The van der Waals surface area contributed by atoms with Gasteiger partial charge in [0.15, 0.2) is 0 Å². The minimum atomic E-state index is -3.04. The van der Waals surface area contributed by atoms with E-state index in [-0.39, 0.29) is 23.5 Å². The van der Waals surface area contributed by atoms with Crippen molar-refractivity contribution in [2.24, 2.45) is 0 Å². The maximum Gasteiger partial charge on any atom is 0.225 e. The molecule has 10 heteroatoms. The number of aromatic nitrogens is 2. The molecule has 5 rings (SSSR count). The van der Waals surface area contributed by atoms with Crippen molar-refractivity contribution in [1.82, 2.24) is 9.97 Å². The molecule has 0 aliphatic carbocycles. The fourth-order valence-electron chi connectivity index (χ4n) is 5.79. The van der Waals surface area contributed by atoms with Crippen molar-refractivity contribution in [2.75, 3.05) is 47.6 Å². The Morgan fingerprint density at radius 1 is 1.00 bits per heavy atom. The number of hydrogen-bond donors (Lipinski definition) is 1. The molecule has 2 fully saturated rings. The van der Waals surface area contributed by atoms with Gasteiger partial charge in [-0.15, -0.1) is 0 Å². The van der Waals surface area contributed by atoms with Crippen LogP contribution in [0.5, 0.6) is 0 Å². The van der Waals surface area contributed by atoms with Crippen LogP contribution in [-0.4, -0.2) is 62.0 Å². The molecule has 214 valence electrons. The molecule has 1 aromatic carbocycles. The van der Waals surface area contributed by atoms with Gasteiger partial charge in [0.25, 0.3) is 0 Å². The topological polar surface area (TPSA) is 109 Å². The first kappa shape index (κ1) is 28.1. The van der Waals surface area contributed by atoms with Crippen molar-refractivity contribution in [3.05, 3.63) is 65.4 Å². The van der Waals surface area contributed by atoms with Gasteiger partial charge in [-0.1, -0.05) is 12.1 Å². The van der Waals surface area contributed by atoms with Gasteiger partial charge in [-0.25, -0.2) is 18.4 Å². The van der Waals surface area contributed by atoms with E-state index in [1.165, 1.54) is 36.8 Å². The molecule has 1 atom stereocenters. The van der Waals surface area contributed by atoms with Crippen LogP contribution in [0.1, 0.15) is 67.1 Å². The second kappa shape index (κ2) is 12.0. The number of nitrogens with zero attached hydrogens (tertiary/aromatic N) is 4. The van der Waals surface area contributed by atoms with Crippen molar-refractivity contribution in [2.45, 2.75) is 63.5 Å². The molecule has 0 bridgehead atoms. The van der Waals surface area contributed by atoms with Crippen LogP contribution < -0.4 is 15.1 Å². The second-order valence-electron chi connectivity index (χ2n) is 11.2. The normalized spacial score (nSPS) is 17.6. The summed E-state index contributed by atoms with van der Waals surface area (Å²) in [6.07, 6.45) is 9.46. The molecule has 0 saturated carbocycles. The Morgan fingerprint density at radius 2 is 1.70 bits per heavy atom. The van der Waals surface area contributed by atoms with E-state index in [2.05, 4.69) is 45.3 Å². The molecule has 3 aromatic rings. The van der Waals surface area contributed by atoms with Crippen molar-refractivity contribution >= 4 is 33.1 Å². The lowest BCUT2D eigenvalue weighted by atomic mass is 9.89. The van der Waals surface area contributed by atoms with Crippen LogP contribution in [0.15, 0.2) is 47.1 Å². The monoisotopic (exact) mass is 565 g/mol. The molecule has 40 heavy (non-hydrogen) atoms. The first-order chi connectivity index (χ1) is 19.2. The number of anilines is 3. The fraction of sp³-hybridized carbons (Fsp3) is 0.500. The number of carbonyl (C=O) groups is 1. The molecule has 1 unspecified atom stereocenters. The van der Waals surface area contributed by atoms with Gasteiger partial charge in [-0.05, 0) is 75.3 Å². The highest BCUT2D eigenvalue weighted by atomic mass is 32.2. The zero-order chi connectivity index (χ0) is 28.3. The fourth-order valence-corrected chi connectivity index (χ4v) is 6.86. The number of benzene rings is 1. The summed E-state index contributed by atoms with van der Waals surface area (Å²) in [6, 6.07) is 10.4. The SMILES string of the molecule is Cc1ccc(C(CC(=O)Nc2cnc(N3CCC(S(C)(=O)=O)CC3)nc2)c2ccc(C)o2)c(N2CCCCC2)c1. The third kappa shape index (κ3) is 6.66. The van der Waals surface area contributed by atoms with Crippen LogP contribution in [-0.2, 0) is 14.6 Å². The van der Waals surface area contributed by atoms with Gasteiger partial charge in [0.2, 0.25) is 11.9 Å². The van der Waals surface area contributed by atoms with E-state index < -0.39 is 9.84 Å². The lowest BCUT2D eigenvalue weighted by Crippen LogP contribution is -2.39. The standard InChI is InChI=1S/C30H39N5O4S/c1-21-7-9-25(27(17-21)34-13-5-4-6-14-34)26(28-10-8-22(2)39-28)18-29(36)33-23-19-31-30(32-20-23)35-15-11-24(12-16-35)40(3,37)38/h7-10,17,19-20,24,26H,4-6,11-16,18H2,1-3H3,(H,33,36). The number of aryl methyl sites for hydroxylation is 2. The van der Waals surface area contributed by atoms with Crippen LogP contribution >= 0.6 is 0 Å². The number of furan rings is 1. The van der Waals surface area contributed by atoms with E-state index in [1.807, 2.05) is 24.0 Å². The highest BCUT2D eigenvalue weighted by Crippen LogP contribution is 2.37. The van der Waals surface area contributed by atoms with E-state index in [1.54, 1.807) is 12.4 Å². The smallest absolute Gasteiger partial charge is 0.225 e. The number of rotatable bonds is 8. The molecule has 1 N–H and O–H groups in total. The largest absolute Gasteiger partial charge is 0.466 e. The summed E-state index contributed by atoms with van der Waals surface area (Å²) in [7, 11) is -3.04. The summed E-state index contributed by atoms with van der Waals surface area (Å²) in [5, 5.41) is 2.66. The lowest BCUT2D eigenvalue weighted by molar-refractivity contribution is -0.116. The van der Waals surface area contributed by atoms with E-state index >= 15 is 0 Å². The summed E-state index contributed by atoms with van der Waals surface area (Å²) in [4.78, 5) is 26.7. The average Bonchev–Trinajstić information content (AvgIpc) is 3.38. The summed E-state index contributed by atoms with van der Waals surface area (Å²) < 4.78 is 29.8. The maximum atomic E-state index is 13.4. The predicted molar refractivity (Wildman–Crippen MR) is 158 cm³/mol. The van der Waals surface area contributed by atoms with Crippen molar-refractivity contribution in [1.29, 1.82) is 0 Å². The molecule has 9 nitrogen and oxygen atoms in total. The maximum absolute atomic E-state index is 13.4. The summed E-state index contributed by atoms with van der Waals surface area (Å²) in [5.41, 5.74) is 4.00. The van der Waals surface area contributed by atoms with E-state index in [0.717, 1.165) is 30.2 Å². The summed E-state index contributed by atoms with van der Waals surface area (Å²) in [6.45, 7) is 7.23. The summed E-state index contributed by atoms with van der Waals surface area (Å²) >= 11 is 0. The Bertz CT molecular complexity index is 1420. The number of hydrogen-bond acceptors (Lipinski definition) is 8. The van der Waals surface area contributed by atoms with E-state index in [9.17, 15) is 13.2 Å². The number of amides is 1. The zero-order valence-electron chi connectivity index (χ0n) is 23.6. The molecular formula is C30H39N5O4S. The molecule has 2 saturated heterocycles. The molecular weight excluding hydrogens is 526 g/mol. The molecule has 0 radical (unpaired) electrons. The third-order valence-corrected chi connectivity index (χ3v) is 9.69. The van der Waals surface area contributed by atoms with Gasteiger partial charge in [-0.2, -0.15) is 0 Å². The predicted octanol–water partition coefficient (Wildman–Crippen LogP) is 4.85. The van der Waals surface area contributed by atoms with Gasteiger partial charge in [0, 0.05) is 44.5 Å². The van der Waals surface area contributed by atoms with Crippen molar-refractivity contribution < 1.29 is 17.6 Å². The minimum absolute atomic E-state index is 0.144. The molecule has 0 spiro atoms. The Morgan fingerprint density at radius 3 is 2.33 bits per heavy atom. The Labute approximate surface area is 236 Å². The first-order valence-corrected chi connectivity index (χ1v) is 16.1.